The summed E-state index contributed by atoms with van der Waals surface area (Å²) in [5, 5.41) is 11.6. The van der Waals surface area contributed by atoms with E-state index in [1.807, 2.05) is 67.2 Å². The molecule has 1 N–H and O–H groups in total. The minimum absolute atomic E-state index is 0.223. The number of nitrogens with zero attached hydrogens (tertiary/aromatic N) is 4. The number of amides is 1. The summed E-state index contributed by atoms with van der Waals surface area (Å²) in [4.78, 5) is 12.4. The zero-order valence-corrected chi connectivity index (χ0v) is 17.7. The normalized spacial score (nSPS) is 10.8. The monoisotopic (exact) mass is 415 g/mol. The molecule has 0 unspecified atom stereocenters. The molecule has 0 fully saturated rings. The first kappa shape index (κ1) is 20.4. The van der Waals surface area contributed by atoms with Gasteiger partial charge in [-0.1, -0.05) is 42.5 Å². The molecule has 0 saturated heterocycles. The number of aryl methyl sites for hydroxylation is 2. The van der Waals surface area contributed by atoms with E-state index in [2.05, 4.69) is 27.6 Å². The Balaban J connectivity index is 1.30. The van der Waals surface area contributed by atoms with Gasteiger partial charge in [-0.15, -0.1) is 0 Å². The first-order valence-electron chi connectivity index (χ1n) is 10.2. The molecule has 1 amide bonds. The number of nitrogens with one attached hydrogen (secondary N) is 1. The Morgan fingerprint density at radius 1 is 0.968 bits per heavy atom. The summed E-state index contributed by atoms with van der Waals surface area (Å²) >= 11 is 0. The van der Waals surface area contributed by atoms with E-state index in [-0.39, 0.29) is 12.6 Å². The smallest absolute Gasteiger partial charge is 0.272 e. The molecule has 4 aromatic rings. The van der Waals surface area contributed by atoms with Crippen molar-refractivity contribution in [3.63, 3.8) is 0 Å². The van der Waals surface area contributed by atoms with Gasteiger partial charge in [0.05, 0.1) is 5.69 Å². The lowest BCUT2D eigenvalue weighted by Gasteiger charge is -2.07. The number of carbonyl (C=O) groups is 1. The fourth-order valence-electron chi connectivity index (χ4n) is 3.23. The van der Waals surface area contributed by atoms with E-state index in [4.69, 9.17) is 4.74 Å². The van der Waals surface area contributed by atoms with Gasteiger partial charge in [0.2, 0.25) is 0 Å². The van der Waals surface area contributed by atoms with E-state index in [9.17, 15) is 4.79 Å². The molecule has 0 aliphatic heterocycles. The lowest BCUT2D eigenvalue weighted by atomic mass is 10.1. The maximum atomic E-state index is 12.4. The first-order chi connectivity index (χ1) is 15.1. The van der Waals surface area contributed by atoms with Gasteiger partial charge in [-0.25, -0.2) is 4.68 Å². The Bertz CT molecular complexity index is 1150. The van der Waals surface area contributed by atoms with Crippen LogP contribution in [0.15, 0.2) is 73.1 Å². The molecule has 7 nitrogen and oxygen atoms in total. The SMILES string of the molecule is CCn1cc(CNC(=O)c2ccn(COc3ccc(-c4ccccc4)cc3)n2)c(C)n1. The Kier molecular flexibility index (Phi) is 6.12. The van der Waals surface area contributed by atoms with Crippen molar-refractivity contribution in [2.75, 3.05) is 0 Å². The largest absolute Gasteiger partial charge is 0.471 e. The zero-order chi connectivity index (χ0) is 21.6. The van der Waals surface area contributed by atoms with E-state index in [1.54, 1.807) is 16.9 Å². The molecule has 4 rings (SSSR count). The Morgan fingerprint density at radius 2 is 1.71 bits per heavy atom. The third-order valence-corrected chi connectivity index (χ3v) is 5.01. The van der Waals surface area contributed by atoms with E-state index < -0.39 is 0 Å². The van der Waals surface area contributed by atoms with Crippen LogP contribution in [0.3, 0.4) is 0 Å². The van der Waals surface area contributed by atoms with Crippen molar-refractivity contribution in [1.82, 2.24) is 24.9 Å². The van der Waals surface area contributed by atoms with Crippen molar-refractivity contribution in [2.45, 2.75) is 33.7 Å². The molecule has 0 bridgehead atoms. The molecule has 158 valence electrons. The number of carbonyl (C=O) groups excluding carboxylic acids is 1. The highest BCUT2D eigenvalue weighted by atomic mass is 16.5. The minimum atomic E-state index is -0.227. The van der Waals surface area contributed by atoms with Crippen molar-refractivity contribution in [1.29, 1.82) is 0 Å². The summed E-state index contributed by atoms with van der Waals surface area (Å²) in [6.07, 6.45) is 3.68. The standard InChI is InChI=1S/C24H25N5O2/c1-3-28-16-21(18(2)26-28)15-25-24(30)23-13-14-29(27-23)17-31-22-11-9-20(10-12-22)19-7-5-4-6-8-19/h4-14,16H,3,15,17H2,1-2H3,(H,25,30). The summed E-state index contributed by atoms with van der Waals surface area (Å²) in [6, 6.07) is 19.8. The molecule has 0 atom stereocenters. The van der Waals surface area contributed by atoms with Crippen molar-refractivity contribution >= 4 is 5.91 Å². The number of hydrogen-bond acceptors (Lipinski definition) is 4. The maximum Gasteiger partial charge on any atom is 0.272 e. The number of hydrogen-bond donors (Lipinski definition) is 1. The summed E-state index contributed by atoms with van der Waals surface area (Å²) in [5.74, 6) is 0.513. The van der Waals surface area contributed by atoms with E-state index in [1.165, 1.54) is 0 Å². The van der Waals surface area contributed by atoms with Gasteiger partial charge in [-0.05, 0) is 43.2 Å². The fourth-order valence-corrected chi connectivity index (χ4v) is 3.23. The van der Waals surface area contributed by atoms with Crippen LogP contribution in [0.2, 0.25) is 0 Å². The number of aromatic nitrogens is 4. The van der Waals surface area contributed by atoms with Crippen molar-refractivity contribution in [3.05, 3.63) is 90.0 Å². The zero-order valence-electron chi connectivity index (χ0n) is 17.7. The highest BCUT2D eigenvalue weighted by Crippen LogP contribution is 2.22. The van der Waals surface area contributed by atoms with Gasteiger partial charge in [0.15, 0.2) is 6.73 Å². The van der Waals surface area contributed by atoms with Gasteiger partial charge in [-0.3, -0.25) is 9.48 Å². The molecule has 2 aromatic heterocycles. The van der Waals surface area contributed by atoms with Crippen LogP contribution in [0.25, 0.3) is 11.1 Å². The van der Waals surface area contributed by atoms with Gasteiger partial charge in [-0.2, -0.15) is 10.2 Å². The van der Waals surface area contributed by atoms with Gasteiger partial charge >= 0.3 is 0 Å². The van der Waals surface area contributed by atoms with Crippen LogP contribution in [0, 0.1) is 6.92 Å². The second-order valence-corrected chi connectivity index (χ2v) is 7.18. The van der Waals surface area contributed by atoms with Crippen LogP contribution in [0.4, 0.5) is 0 Å². The summed E-state index contributed by atoms with van der Waals surface area (Å²) in [5.41, 5.74) is 4.56. The van der Waals surface area contributed by atoms with Crippen molar-refractivity contribution in [3.8, 4) is 16.9 Å². The molecule has 0 aliphatic carbocycles. The molecule has 0 radical (unpaired) electrons. The maximum absolute atomic E-state index is 12.4. The molecule has 7 heteroatoms. The predicted molar refractivity (Wildman–Crippen MR) is 119 cm³/mol. The topological polar surface area (TPSA) is 74.0 Å². The molecule has 0 aliphatic rings. The van der Waals surface area contributed by atoms with Crippen LogP contribution >= 0.6 is 0 Å². The van der Waals surface area contributed by atoms with Gasteiger partial charge in [0.1, 0.15) is 11.4 Å². The highest BCUT2D eigenvalue weighted by Gasteiger charge is 2.11. The Labute approximate surface area is 181 Å². The molecular weight excluding hydrogens is 390 g/mol. The summed E-state index contributed by atoms with van der Waals surface area (Å²) < 4.78 is 9.25. The highest BCUT2D eigenvalue weighted by molar-refractivity contribution is 5.92. The van der Waals surface area contributed by atoms with Gasteiger partial charge in [0, 0.05) is 31.0 Å². The first-order valence-corrected chi connectivity index (χ1v) is 10.2. The van der Waals surface area contributed by atoms with Crippen molar-refractivity contribution < 1.29 is 9.53 Å². The van der Waals surface area contributed by atoms with Crippen LogP contribution < -0.4 is 10.1 Å². The van der Waals surface area contributed by atoms with E-state index >= 15 is 0 Å². The molecule has 31 heavy (non-hydrogen) atoms. The van der Waals surface area contributed by atoms with Crippen LogP contribution in [0.1, 0.15) is 28.7 Å². The van der Waals surface area contributed by atoms with Crippen LogP contribution in [-0.2, 0) is 19.8 Å². The average molecular weight is 415 g/mol. The quantitative estimate of drug-likeness (QED) is 0.471. The van der Waals surface area contributed by atoms with E-state index in [0.29, 0.717) is 12.2 Å². The molecule has 0 saturated carbocycles. The van der Waals surface area contributed by atoms with E-state index in [0.717, 1.165) is 34.7 Å². The van der Waals surface area contributed by atoms with Crippen LogP contribution in [0.5, 0.6) is 5.75 Å². The van der Waals surface area contributed by atoms with Gasteiger partial charge < -0.3 is 10.1 Å². The minimum Gasteiger partial charge on any atom is -0.471 e. The van der Waals surface area contributed by atoms with Gasteiger partial charge in [0.25, 0.3) is 5.91 Å². The molecule has 2 heterocycles. The predicted octanol–water partition coefficient (Wildman–Crippen LogP) is 4.04. The third kappa shape index (κ3) is 5.01. The third-order valence-electron chi connectivity index (χ3n) is 5.01. The van der Waals surface area contributed by atoms with Crippen LogP contribution in [-0.4, -0.2) is 25.5 Å². The molecule has 0 spiro atoms. The molecule has 2 aromatic carbocycles. The Hall–Kier alpha value is -3.87. The molecular formula is C24H25N5O2. The second kappa shape index (κ2) is 9.30. The number of benzene rings is 2. The fraction of sp³-hybridized carbons (Fsp3) is 0.208. The second-order valence-electron chi connectivity index (χ2n) is 7.18. The number of rotatable bonds is 8. The summed E-state index contributed by atoms with van der Waals surface area (Å²) in [6.45, 7) is 5.41. The summed E-state index contributed by atoms with van der Waals surface area (Å²) in [7, 11) is 0. The lowest BCUT2D eigenvalue weighted by molar-refractivity contribution is 0.0944. The number of ether oxygens (including phenoxy) is 1. The lowest BCUT2D eigenvalue weighted by Crippen LogP contribution is -2.23. The van der Waals surface area contributed by atoms with Crippen molar-refractivity contribution in [2.24, 2.45) is 0 Å². The average Bonchev–Trinajstić information content (AvgIpc) is 3.43. The Morgan fingerprint density at radius 3 is 2.42 bits per heavy atom.